The number of piperidine rings is 1. The van der Waals surface area contributed by atoms with E-state index in [9.17, 15) is 4.79 Å². The fourth-order valence-corrected chi connectivity index (χ4v) is 3.50. The minimum atomic E-state index is -0.507. The third-order valence-corrected chi connectivity index (χ3v) is 5.29. The van der Waals surface area contributed by atoms with Crippen LogP contribution >= 0.6 is 12.4 Å². The number of halogens is 1. The van der Waals surface area contributed by atoms with Gasteiger partial charge in [-0.3, -0.25) is 4.79 Å². The number of hydrogen-bond acceptors (Lipinski definition) is 3. The van der Waals surface area contributed by atoms with Gasteiger partial charge in [0.2, 0.25) is 5.91 Å². The van der Waals surface area contributed by atoms with Crippen LogP contribution in [0.3, 0.4) is 0 Å². The number of hydrogen-bond donors (Lipinski definition) is 1. The summed E-state index contributed by atoms with van der Waals surface area (Å²) in [6.07, 6.45) is 9.54. The van der Waals surface area contributed by atoms with E-state index >= 15 is 0 Å². The van der Waals surface area contributed by atoms with E-state index < -0.39 is 5.54 Å². The van der Waals surface area contributed by atoms with Crippen LogP contribution in [-0.4, -0.2) is 41.6 Å². The monoisotopic (exact) mass is 316 g/mol. The molecule has 1 amide bonds. The molecule has 0 aromatic carbocycles. The predicted octanol–water partition coefficient (Wildman–Crippen LogP) is 2.49. The third-order valence-electron chi connectivity index (χ3n) is 5.29. The average Bonchev–Trinajstić information content (AvgIpc) is 3.21. The van der Waals surface area contributed by atoms with Gasteiger partial charge in [-0.1, -0.05) is 6.92 Å². The first kappa shape index (κ1) is 17.0. The number of nitrogens with two attached hydrogens (primary N) is 1. The van der Waals surface area contributed by atoms with Gasteiger partial charge in [0.05, 0.1) is 17.7 Å². The zero-order chi connectivity index (χ0) is 14.2. The van der Waals surface area contributed by atoms with E-state index in [4.69, 9.17) is 10.5 Å². The second kappa shape index (κ2) is 6.84. The van der Waals surface area contributed by atoms with Crippen LogP contribution in [0.1, 0.15) is 58.3 Å². The first-order valence-corrected chi connectivity index (χ1v) is 8.30. The molecule has 3 aliphatic rings. The molecular weight excluding hydrogens is 288 g/mol. The van der Waals surface area contributed by atoms with Crippen molar-refractivity contribution in [3.63, 3.8) is 0 Å². The van der Waals surface area contributed by atoms with E-state index in [1.54, 1.807) is 0 Å². The smallest absolute Gasteiger partial charge is 0.242 e. The summed E-state index contributed by atoms with van der Waals surface area (Å²) >= 11 is 0. The Morgan fingerprint density at radius 1 is 1.05 bits per heavy atom. The van der Waals surface area contributed by atoms with E-state index in [-0.39, 0.29) is 18.3 Å². The van der Waals surface area contributed by atoms with Gasteiger partial charge in [-0.25, -0.2) is 0 Å². The largest absolute Gasteiger partial charge is 0.375 e. The molecule has 2 saturated carbocycles. The van der Waals surface area contributed by atoms with E-state index in [1.165, 1.54) is 25.7 Å². The molecule has 0 aromatic rings. The number of carbonyl (C=O) groups excluding carboxylic acids is 1. The van der Waals surface area contributed by atoms with Gasteiger partial charge in [0.15, 0.2) is 0 Å². The highest BCUT2D eigenvalue weighted by Crippen LogP contribution is 2.35. The average molecular weight is 317 g/mol. The van der Waals surface area contributed by atoms with Crippen LogP contribution in [0.2, 0.25) is 0 Å². The molecule has 0 bridgehead atoms. The van der Waals surface area contributed by atoms with Crippen LogP contribution in [0, 0.1) is 5.92 Å². The molecule has 2 aliphatic carbocycles. The lowest BCUT2D eigenvalue weighted by Gasteiger charge is -2.36. The second-order valence-electron chi connectivity index (χ2n) is 7.17. The van der Waals surface area contributed by atoms with Crippen LogP contribution in [0.5, 0.6) is 0 Å². The highest BCUT2D eigenvalue weighted by Gasteiger charge is 2.48. The van der Waals surface area contributed by atoms with Crippen molar-refractivity contribution in [2.24, 2.45) is 11.7 Å². The molecule has 0 radical (unpaired) electrons. The standard InChI is InChI=1S/C16H28N2O2.ClH/c1-12-2-4-13(5-3-12)20-14-6-10-18(11-7-14)15(19)16(17)8-9-16;/h12-14H,2-11,17H2,1H3;1H. The summed E-state index contributed by atoms with van der Waals surface area (Å²) in [5.41, 5.74) is 5.49. The topological polar surface area (TPSA) is 55.6 Å². The Labute approximate surface area is 134 Å². The van der Waals surface area contributed by atoms with Gasteiger partial charge < -0.3 is 15.4 Å². The third kappa shape index (κ3) is 4.11. The fraction of sp³-hybridized carbons (Fsp3) is 0.938. The van der Waals surface area contributed by atoms with Crippen molar-refractivity contribution in [3.05, 3.63) is 0 Å². The molecule has 1 aliphatic heterocycles. The van der Waals surface area contributed by atoms with Crippen molar-refractivity contribution >= 4 is 18.3 Å². The summed E-state index contributed by atoms with van der Waals surface area (Å²) in [5.74, 6) is 1.04. The molecule has 5 heteroatoms. The summed E-state index contributed by atoms with van der Waals surface area (Å²) in [5, 5.41) is 0. The zero-order valence-corrected chi connectivity index (χ0v) is 13.9. The summed E-state index contributed by atoms with van der Waals surface area (Å²) in [7, 11) is 0. The first-order chi connectivity index (χ1) is 9.57. The molecule has 122 valence electrons. The molecule has 1 saturated heterocycles. The van der Waals surface area contributed by atoms with Crippen LogP contribution in [0.4, 0.5) is 0 Å². The van der Waals surface area contributed by atoms with Gasteiger partial charge in [0.25, 0.3) is 0 Å². The van der Waals surface area contributed by atoms with Gasteiger partial charge in [0.1, 0.15) is 0 Å². The summed E-state index contributed by atoms with van der Waals surface area (Å²) in [4.78, 5) is 14.1. The lowest BCUT2D eigenvalue weighted by atomic mass is 9.88. The summed E-state index contributed by atoms with van der Waals surface area (Å²) < 4.78 is 6.24. The molecule has 0 atom stereocenters. The maximum absolute atomic E-state index is 12.2. The number of rotatable bonds is 3. The van der Waals surface area contributed by atoms with Gasteiger partial charge in [-0.2, -0.15) is 0 Å². The number of likely N-dealkylation sites (tertiary alicyclic amines) is 1. The van der Waals surface area contributed by atoms with E-state index in [1.807, 2.05) is 4.90 Å². The highest BCUT2D eigenvalue weighted by atomic mass is 35.5. The Hall–Kier alpha value is -0.320. The van der Waals surface area contributed by atoms with Crippen molar-refractivity contribution in [1.29, 1.82) is 0 Å². The molecule has 3 fully saturated rings. The van der Waals surface area contributed by atoms with E-state index in [0.717, 1.165) is 44.7 Å². The molecule has 0 aromatic heterocycles. The SMILES string of the molecule is CC1CCC(OC2CCN(C(=O)C3(N)CC3)CC2)CC1.Cl. The number of amides is 1. The van der Waals surface area contributed by atoms with Gasteiger partial charge in [0, 0.05) is 13.1 Å². The first-order valence-electron chi connectivity index (χ1n) is 8.30. The van der Waals surface area contributed by atoms with E-state index in [2.05, 4.69) is 6.92 Å². The van der Waals surface area contributed by atoms with Crippen molar-refractivity contribution in [3.8, 4) is 0 Å². The van der Waals surface area contributed by atoms with Crippen LogP contribution in [-0.2, 0) is 9.53 Å². The van der Waals surface area contributed by atoms with Gasteiger partial charge in [-0.05, 0) is 57.3 Å². The number of nitrogens with zero attached hydrogens (tertiary/aromatic N) is 1. The second-order valence-corrected chi connectivity index (χ2v) is 7.17. The fourth-order valence-electron chi connectivity index (χ4n) is 3.50. The Morgan fingerprint density at radius 3 is 2.10 bits per heavy atom. The van der Waals surface area contributed by atoms with Crippen LogP contribution in [0.15, 0.2) is 0 Å². The molecule has 3 rings (SSSR count). The Balaban J connectivity index is 0.00000161. The summed E-state index contributed by atoms with van der Waals surface area (Å²) in [6.45, 7) is 3.98. The quantitative estimate of drug-likeness (QED) is 0.870. The maximum Gasteiger partial charge on any atom is 0.242 e. The van der Waals surface area contributed by atoms with Crippen molar-refractivity contribution in [2.75, 3.05) is 13.1 Å². The zero-order valence-electron chi connectivity index (χ0n) is 13.1. The minimum Gasteiger partial charge on any atom is -0.375 e. The summed E-state index contributed by atoms with van der Waals surface area (Å²) in [6, 6.07) is 0. The van der Waals surface area contributed by atoms with Crippen LogP contribution < -0.4 is 5.73 Å². The molecule has 2 N–H and O–H groups in total. The molecule has 0 unspecified atom stereocenters. The Kier molecular flexibility index (Phi) is 5.55. The minimum absolute atomic E-state index is 0. The molecule has 21 heavy (non-hydrogen) atoms. The Bertz CT molecular complexity index is 357. The molecule has 4 nitrogen and oxygen atoms in total. The predicted molar refractivity (Wildman–Crippen MR) is 85.5 cm³/mol. The van der Waals surface area contributed by atoms with Gasteiger partial charge >= 0.3 is 0 Å². The van der Waals surface area contributed by atoms with Crippen molar-refractivity contribution < 1.29 is 9.53 Å². The highest BCUT2D eigenvalue weighted by molar-refractivity contribution is 5.89. The van der Waals surface area contributed by atoms with Crippen LogP contribution in [0.25, 0.3) is 0 Å². The normalized spacial score (nSPS) is 32.4. The lowest BCUT2D eigenvalue weighted by Crippen LogP contribution is -2.50. The molecule has 1 heterocycles. The lowest BCUT2D eigenvalue weighted by molar-refractivity contribution is -0.137. The number of carbonyl (C=O) groups is 1. The van der Waals surface area contributed by atoms with E-state index in [0.29, 0.717) is 12.2 Å². The van der Waals surface area contributed by atoms with Crippen molar-refractivity contribution in [2.45, 2.75) is 76.0 Å². The van der Waals surface area contributed by atoms with Crippen molar-refractivity contribution in [1.82, 2.24) is 4.90 Å². The number of ether oxygens (including phenoxy) is 1. The molecular formula is C16H29ClN2O2. The Morgan fingerprint density at radius 2 is 1.57 bits per heavy atom. The maximum atomic E-state index is 12.2. The van der Waals surface area contributed by atoms with Gasteiger partial charge in [-0.15, -0.1) is 12.4 Å². The molecule has 0 spiro atoms.